The second-order valence-corrected chi connectivity index (χ2v) is 4.08. The molecule has 1 aromatic carbocycles. The van der Waals surface area contributed by atoms with E-state index in [9.17, 15) is 4.79 Å². The molecule has 20 heavy (non-hydrogen) atoms. The summed E-state index contributed by atoms with van der Waals surface area (Å²) in [6.07, 6.45) is 3.37. The molecular formula is C16H14N2O2. The van der Waals surface area contributed by atoms with E-state index in [0.717, 1.165) is 5.56 Å². The summed E-state index contributed by atoms with van der Waals surface area (Å²) in [5, 5.41) is 11.5. The molecule has 0 fully saturated rings. The SMILES string of the molecule is O=C(NCc1ccncc1)c1cccc(C#CCO)c1. The largest absolute Gasteiger partial charge is 0.384 e. The van der Waals surface area contributed by atoms with E-state index in [1.807, 2.05) is 12.1 Å². The number of amides is 1. The molecular weight excluding hydrogens is 252 g/mol. The van der Waals surface area contributed by atoms with E-state index >= 15 is 0 Å². The fourth-order valence-electron chi connectivity index (χ4n) is 1.66. The number of aliphatic hydroxyl groups is 1. The zero-order valence-electron chi connectivity index (χ0n) is 10.8. The van der Waals surface area contributed by atoms with E-state index in [-0.39, 0.29) is 12.5 Å². The fraction of sp³-hybridized carbons (Fsp3) is 0.125. The van der Waals surface area contributed by atoms with Crippen molar-refractivity contribution in [2.24, 2.45) is 0 Å². The average Bonchev–Trinajstić information content (AvgIpc) is 2.52. The highest BCUT2D eigenvalue weighted by molar-refractivity contribution is 5.94. The van der Waals surface area contributed by atoms with Crippen molar-refractivity contribution < 1.29 is 9.90 Å². The zero-order valence-corrected chi connectivity index (χ0v) is 10.8. The van der Waals surface area contributed by atoms with Gasteiger partial charge in [-0.1, -0.05) is 17.9 Å². The number of benzene rings is 1. The average molecular weight is 266 g/mol. The standard InChI is InChI=1S/C16H14N2O2/c19-10-2-4-13-3-1-5-15(11-13)16(20)18-12-14-6-8-17-9-7-14/h1,3,5-9,11,19H,10,12H2,(H,18,20). The number of rotatable bonds is 3. The van der Waals surface area contributed by atoms with Gasteiger partial charge in [0, 0.05) is 30.1 Å². The second kappa shape index (κ2) is 7.07. The van der Waals surface area contributed by atoms with Gasteiger partial charge in [0.15, 0.2) is 0 Å². The van der Waals surface area contributed by atoms with E-state index in [1.165, 1.54) is 0 Å². The van der Waals surface area contributed by atoms with Gasteiger partial charge in [-0.25, -0.2) is 0 Å². The lowest BCUT2D eigenvalue weighted by Crippen LogP contribution is -2.22. The number of hydrogen-bond acceptors (Lipinski definition) is 3. The normalized spacial score (nSPS) is 9.45. The van der Waals surface area contributed by atoms with Crippen molar-refractivity contribution in [3.05, 3.63) is 65.5 Å². The van der Waals surface area contributed by atoms with E-state index in [2.05, 4.69) is 22.1 Å². The first-order chi connectivity index (χ1) is 9.79. The van der Waals surface area contributed by atoms with Gasteiger partial charge in [0.1, 0.15) is 6.61 Å². The summed E-state index contributed by atoms with van der Waals surface area (Å²) >= 11 is 0. The molecule has 0 atom stereocenters. The molecule has 0 bridgehead atoms. The molecule has 0 aliphatic heterocycles. The third-order valence-corrected chi connectivity index (χ3v) is 2.64. The second-order valence-electron chi connectivity index (χ2n) is 4.08. The summed E-state index contributed by atoms with van der Waals surface area (Å²) < 4.78 is 0. The van der Waals surface area contributed by atoms with Crippen molar-refractivity contribution in [2.45, 2.75) is 6.54 Å². The summed E-state index contributed by atoms with van der Waals surface area (Å²) in [5.41, 5.74) is 2.24. The number of aromatic nitrogens is 1. The minimum Gasteiger partial charge on any atom is -0.384 e. The quantitative estimate of drug-likeness (QED) is 0.824. The van der Waals surface area contributed by atoms with Gasteiger partial charge < -0.3 is 10.4 Å². The maximum Gasteiger partial charge on any atom is 0.251 e. The third kappa shape index (κ3) is 3.94. The molecule has 4 heteroatoms. The molecule has 1 heterocycles. The molecule has 0 aliphatic rings. The Kier molecular flexibility index (Phi) is 4.87. The van der Waals surface area contributed by atoms with Crippen LogP contribution in [0.2, 0.25) is 0 Å². The molecule has 0 radical (unpaired) electrons. The van der Waals surface area contributed by atoms with Crippen LogP contribution in [0.1, 0.15) is 21.5 Å². The number of nitrogens with zero attached hydrogens (tertiary/aromatic N) is 1. The fourth-order valence-corrected chi connectivity index (χ4v) is 1.66. The Labute approximate surface area is 117 Å². The lowest BCUT2D eigenvalue weighted by molar-refractivity contribution is 0.0951. The molecule has 1 aromatic heterocycles. The molecule has 2 aromatic rings. The first-order valence-electron chi connectivity index (χ1n) is 6.16. The topological polar surface area (TPSA) is 62.2 Å². The number of pyridine rings is 1. The summed E-state index contributed by atoms with van der Waals surface area (Å²) in [6.45, 7) is 0.256. The maximum atomic E-state index is 12.0. The van der Waals surface area contributed by atoms with E-state index in [1.54, 1.807) is 36.7 Å². The van der Waals surface area contributed by atoms with Crippen LogP contribution in [0, 0.1) is 11.8 Å². The van der Waals surface area contributed by atoms with Gasteiger partial charge in [-0.05, 0) is 35.9 Å². The predicted octanol–water partition coefficient (Wildman–Crippen LogP) is 1.36. The van der Waals surface area contributed by atoms with Crippen LogP contribution in [0.5, 0.6) is 0 Å². The van der Waals surface area contributed by atoms with E-state index in [4.69, 9.17) is 5.11 Å². The Hall–Kier alpha value is -2.64. The summed E-state index contributed by atoms with van der Waals surface area (Å²) in [5.74, 6) is 5.17. The molecule has 4 nitrogen and oxygen atoms in total. The molecule has 2 rings (SSSR count). The van der Waals surface area contributed by atoms with Crippen LogP contribution in [0.15, 0.2) is 48.8 Å². The molecule has 0 unspecified atom stereocenters. The lowest BCUT2D eigenvalue weighted by Gasteiger charge is -2.05. The highest BCUT2D eigenvalue weighted by Gasteiger charge is 2.05. The van der Waals surface area contributed by atoms with Crippen LogP contribution in [0.4, 0.5) is 0 Å². The van der Waals surface area contributed by atoms with Crippen LogP contribution in [0.3, 0.4) is 0 Å². The molecule has 2 N–H and O–H groups in total. The van der Waals surface area contributed by atoms with Crippen LogP contribution in [0.25, 0.3) is 0 Å². The molecule has 0 saturated carbocycles. The molecule has 0 saturated heterocycles. The minimum atomic E-state index is -0.196. The Morgan fingerprint density at radius 2 is 2.05 bits per heavy atom. The lowest BCUT2D eigenvalue weighted by atomic mass is 10.1. The number of carbonyl (C=O) groups excluding carboxylic acids is 1. The first-order valence-corrected chi connectivity index (χ1v) is 6.16. The number of hydrogen-bond donors (Lipinski definition) is 2. The Morgan fingerprint density at radius 3 is 2.80 bits per heavy atom. The smallest absolute Gasteiger partial charge is 0.251 e. The maximum absolute atomic E-state index is 12.0. The van der Waals surface area contributed by atoms with Gasteiger partial charge in [-0.15, -0.1) is 0 Å². The van der Waals surface area contributed by atoms with Crippen LogP contribution < -0.4 is 5.32 Å². The van der Waals surface area contributed by atoms with Crippen LogP contribution in [-0.2, 0) is 6.54 Å². The zero-order chi connectivity index (χ0) is 14.2. The number of aliphatic hydroxyl groups excluding tert-OH is 1. The van der Waals surface area contributed by atoms with E-state index < -0.39 is 0 Å². The van der Waals surface area contributed by atoms with Crippen molar-refractivity contribution >= 4 is 5.91 Å². The van der Waals surface area contributed by atoms with E-state index in [0.29, 0.717) is 17.7 Å². The predicted molar refractivity (Wildman–Crippen MR) is 75.8 cm³/mol. The van der Waals surface area contributed by atoms with Crippen molar-refractivity contribution in [2.75, 3.05) is 6.61 Å². The highest BCUT2D eigenvalue weighted by Crippen LogP contribution is 2.05. The number of nitrogens with one attached hydrogen (secondary N) is 1. The third-order valence-electron chi connectivity index (χ3n) is 2.64. The molecule has 0 aliphatic carbocycles. The van der Waals surface area contributed by atoms with Gasteiger partial charge in [-0.2, -0.15) is 0 Å². The molecule has 100 valence electrons. The van der Waals surface area contributed by atoms with Gasteiger partial charge in [0.05, 0.1) is 0 Å². The first kappa shape index (κ1) is 13.8. The Morgan fingerprint density at radius 1 is 1.25 bits per heavy atom. The monoisotopic (exact) mass is 266 g/mol. The summed E-state index contributed by atoms with van der Waals surface area (Å²) in [4.78, 5) is 15.9. The van der Waals surface area contributed by atoms with Gasteiger partial charge in [0.25, 0.3) is 5.91 Å². The van der Waals surface area contributed by atoms with Crippen molar-refractivity contribution in [3.8, 4) is 11.8 Å². The van der Waals surface area contributed by atoms with Crippen molar-refractivity contribution in [1.82, 2.24) is 10.3 Å². The Bertz CT molecular complexity index is 642. The minimum absolute atomic E-state index is 0.158. The van der Waals surface area contributed by atoms with Gasteiger partial charge in [0.2, 0.25) is 0 Å². The summed E-state index contributed by atoms with van der Waals surface area (Å²) in [7, 11) is 0. The van der Waals surface area contributed by atoms with Gasteiger partial charge >= 0.3 is 0 Å². The van der Waals surface area contributed by atoms with Crippen LogP contribution in [-0.4, -0.2) is 22.6 Å². The Balaban J connectivity index is 2.02. The van der Waals surface area contributed by atoms with Gasteiger partial charge in [-0.3, -0.25) is 9.78 Å². The molecule has 1 amide bonds. The highest BCUT2D eigenvalue weighted by atomic mass is 16.2. The van der Waals surface area contributed by atoms with Crippen molar-refractivity contribution in [3.63, 3.8) is 0 Å². The van der Waals surface area contributed by atoms with Crippen molar-refractivity contribution in [1.29, 1.82) is 0 Å². The van der Waals surface area contributed by atoms with Crippen LogP contribution >= 0.6 is 0 Å². The number of carbonyl (C=O) groups is 1. The molecule has 0 spiro atoms. The summed E-state index contributed by atoms with van der Waals surface area (Å²) in [6, 6.07) is 10.7.